The lowest BCUT2D eigenvalue weighted by Crippen LogP contribution is -2.48. The fraction of sp³-hybridized carbons (Fsp3) is 0.310. The third kappa shape index (κ3) is 6.67. The summed E-state index contributed by atoms with van der Waals surface area (Å²) in [5.74, 6) is 0.376. The Balaban J connectivity index is 1.30. The number of aromatic amines is 2. The molecule has 1 unspecified atom stereocenters. The van der Waals surface area contributed by atoms with Gasteiger partial charge in [-0.3, -0.25) is 14.4 Å². The van der Waals surface area contributed by atoms with Crippen LogP contribution >= 0.6 is 0 Å². The Morgan fingerprint density at radius 1 is 0.925 bits per heavy atom. The molecular formula is C29H32N8O3. The van der Waals surface area contributed by atoms with Gasteiger partial charge >= 0.3 is 0 Å². The lowest BCUT2D eigenvalue weighted by atomic mass is 9.81. The molecule has 0 spiro atoms. The standard InChI is InChI=1S/C29H32N8O3/c30-16-19-3-7-22(8-4-19)28(39)33-25(15-18-1-5-20(6-2-18)23-11-14-26(38)31-17-23)29(40)32-24-12-9-21(10-13-24)27-34-36-37-35-27/h1-2,5-6,9-14,17,19,22,25H,3-4,7-8,15-16,30H2,(H,31,38)(H,32,40)(H,33,39)(H,34,35,36,37). The van der Waals surface area contributed by atoms with Crippen molar-refractivity contribution >= 4 is 17.5 Å². The van der Waals surface area contributed by atoms with E-state index in [1.165, 1.54) is 6.07 Å². The zero-order valence-electron chi connectivity index (χ0n) is 22.0. The summed E-state index contributed by atoms with van der Waals surface area (Å²) < 4.78 is 0. The molecule has 2 heterocycles. The molecule has 0 bridgehead atoms. The van der Waals surface area contributed by atoms with Crippen molar-refractivity contribution in [1.29, 1.82) is 0 Å². The van der Waals surface area contributed by atoms with Crippen molar-refractivity contribution in [2.75, 3.05) is 11.9 Å². The van der Waals surface area contributed by atoms with Crippen LogP contribution in [0.25, 0.3) is 22.5 Å². The Kier molecular flexibility index (Phi) is 8.41. The zero-order chi connectivity index (χ0) is 27.9. The second-order valence-electron chi connectivity index (χ2n) is 10.2. The van der Waals surface area contributed by atoms with Gasteiger partial charge in [-0.25, -0.2) is 0 Å². The molecule has 1 aliphatic carbocycles. The number of nitrogens with two attached hydrogens (primary N) is 1. The molecule has 0 saturated heterocycles. The van der Waals surface area contributed by atoms with Crippen LogP contribution in [0.1, 0.15) is 31.2 Å². The van der Waals surface area contributed by atoms with Gasteiger partial charge < -0.3 is 21.4 Å². The molecule has 206 valence electrons. The number of nitrogens with one attached hydrogen (secondary N) is 4. The molecule has 5 rings (SSSR count). The average Bonchev–Trinajstić information content (AvgIpc) is 3.53. The second kappa shape index (κ2) is 12.5. The second-order valence-corrected chi connectivity index (χ2v) is 10.2. The molecule has 1 atom stereocenters. The Labute approximate surface area is 231 Å². The van der Waals surface area contributed by atoms with Crippen molar-refractivity contribution in [3.8, 4) is 22.5 Å². The van der Waals surface area contributed by atoms with Crippen LogP contribution in [0.2, 0.25) is 0 Å². The Morgan fingerprint density at radius 3 is 2.25 bits per heavy atom. The number of pyridine rings is 1. The van der Waals surface area contributed by atoms with Crippen molar-refractivity contribution in [2.45, 2.75) is 38.1 Å². The van der Waals surface area contributed by atoms with Crippen LogP contribution in [0.15, 0.2) is 71.7 Å². The van der Waals surface area contributed by atoms with Crippen LogP contribution < -0.4 is 21.9 Å². The number of hydrogen-bond acceptors (Lipinski definition) is 7. The normalized spacial score (nSPS) is 17.6. The van der Waals surface area contributed by atoms with E-state index in [0.717, 1.165) is 47.9 Å². The van der Waals surface area contributed by atoms with Crippen LogP contribution in [0.4, 0.5) is 5.69 Å². The highest BCUT2D eigenvalue weighted by molar-refractivity contribution is 5.97. The number of anilines is 1. The van der Waals surface area contributed by atoms with Crippen LogP contribution in [-0.2, 0) is 16.0 Å². The molecule has 11 nitrogen and oxygen atoms in total. The number of benzene rings is 2. The summed E-state index contributed by atoms with van der Waals surface area (Å²) in [5, 5.41) is 19.9. The minimum Gasteiger partial charge on any atom is -0.344 e. The lowest BCUT2D eigenvalue weighted by molar-refractivity contribution is -0.130. The molecule has 11 heteroatoms. The summed E-state index contributed by atoms with van der Waals surface area (Å²) in [5.41, 5.74) is 9.71. The number of carbonyl (C=O) groups excluding carboxylic acids is 2. The molecule has 2 aromatic heterocycles. The Morgan fingerprint density at radius 2 is 1.62 bits per heavy atom. The number of rotatable bonds is 9. The third-order valence-electron chi connectivity index (χ3n) is 7.45. The number of hydrogen-bond donors (Lipinski definition) is 5. The summed E-state index contributed by atoms with van der Waals surface area (Å²) >= 11 is 0. The summed E-state index contributed by atoms with van der Waals surface area (Å²) in [6, 6.07) is 17.3. The van der Waals surface area contributed by atoms with Crippen LogP contribution in [0.3, 0.4) is 0 Å². The maximum absolute atomic E-state index is 13.5. The average molecular weight is 541 g/mol. The fourth-order valence-corrected chi connectivity index (χ4v) is 5.03. The monoisotopic (exact) mass is 540 g/mol. The highest BCUT2D eigenvalue weighted by atomic mass is 16.2. The van der Waals surface area contributed by atoms with E-state index in [-0.39, 0.29) is 23.3 Å². The van der Waals surface area contributed by atoms with Gasteiger partial charge in [0.25, 0.3) is 0 Å². The van der Waals surface area contributed by atoms with E-state index in [1.54, 1.807) is 36.5 Å². The number of tetrazole rings is 1. The van der Waals surface area contributed by atoms with E-state index < -0.39 is 6.04 Å². The molecular weight excluding hydrogens is 508 g/mol. The van der Waals surface area contributed by atoms with E-state index in [0.29, 0.717) is 30.4 Å². The smallest absolute Gasteiger partial charge is 0.247 e. The first-order valence-corrected chi connectivity index (χ1v) is 13.4. The molecule has 0 radical (unpaired) electrons. The Hall–Kier alpha value is -4.64. The van der Waals surface area contributed by atoms with E-state index in [1.807, 2.05) is 24.3 Å². The van der Waals surface area contributed by atoms with Crippen LogP contribution in [-0.4, -0.2) is 50.0 Å². The topological polar surface area (TPSA) is 172 Å². The molecule has 4 aromatic rings. The first-order chi connectivity index (χ1) is 19.5. The number of H-pyrrole nitrogens is 2. The first kappa shape index (κ1) is 26.9. The molecule has 40 heavy (non-hydrogen) atoms. The quantitative estimate of drug-likeness (QED) is 0.217. The van der Waals surface area contributed by atoms with Crippen LogP contribution in [0.5, 0.6) is 0 Å². The van der Waals surface area contributed by atoms with Gasteiger partial charge in [0.1, 0.15) is 6.04 Å². The van der Waals surface area contributed by atoms with Crippen molar-refractivity contribution in [1.82, 2.24) is 30.9 Å². The molecule has 2 aromatic carbocycles. The summed E-state index contributed by atoms with van der Waals surface area (Å²) in [6.45, 7) is 0.639. The summed E-state index contributed by atoms with van der Waals surface area (Å²) in [7, 11) is 0. The van der Waals surface area contributed by atoms with Gasteiger partial charge in [0.05, 0.1) is 0 Å². The zero-order valence-corrected chi connectivity index (χ0v) is 22.0. The van der Waals surface area contributed by atoms with E-state index >= 15 is 0 Å². The third-order valence-corrected chi connectivity index (χ3v) is 7.45. The molecule has 2 amide bonds. The van der Waals surface area contributed by atoms with Crippen LogP contribution in [0, 0.1) is 11.8 Å². The van der Waals surface area contributed by atoms with Crippen molar-refractivity contribution in [3.05, 3.63) is 82.8 Å². The van der Waals surface area contributed by atoms with Gasteiger partial charge in [-0.2, -0.15) is 5.21 Å². The number of aromatic nitrogens is 5. The largest absolute Gasteiger partial charge is 0.344 e. The van der Waals surface area contributed by atoms with Crippen molar-refractivity contribution in [2.24, 2.45) is 17.6 Å². The van der Waals surface area contributed by atoms with E-state index in [4.69, 9.17) is 5.73 Å². The molecule has 1 fully saturated rings. The summed E-state index contributed by atoms with van der Waals surface area (Å²) in [4.78, 5) is 40.7. The van der Waals surface area contributed by atoms with E-state index in [9.17, 15) is 14.4 Å². The molecule has 0 aliphatic heterocycles. The minimum atomic E-state index is -0.768. The van der Waals surface area contributed by atoms with Gasteiger partial charge in [0.2, 0.25) is 23.2 Å². The van der Waals surface area contributed by atoms with Gasteiger partial charge in [-0.05, 0) is 90.4 Å². The molecule has 6 N–H and O–H groups in total. The first-order valence-electron chi connectivity index (χ1n) is 13.4. The van der Waals surface area contributed by atoms with Gasteiger partial charge in [0.15, 0.2) is 0 Å². The maximum Gasteiger partial charge on any atom is 0.247 e. The van der Waals surface area contributed by atoms with Crippen molar-refractivity contribution in [3.63, 3.8) is 0 Å². The maximum atomic E-state index is 13.5. The highest BCUT2D eigenvalue weighted by Gasteiger charge is 2.29. The SMILES string of the molecule is NCC1CCC(C(=O)NC(Cc2ccc(-c3ccc(=O)[nH]c3)cc2)C(=O)Nc2ccc(-c3nn[nH]n3)cc2)CC1. The highest BCUT2D eigenvalue weighted by Crippen LogP contribution is 2.28. The predicted molar refractivity (Wildman–Crippen MR) is 151 cm³/mol. The van der Waals surface area contributed by atoms with E-state index in [2.05, 4.69) is 36.2 Å². The molecule has 1 saturated carbocycles. The van der Waals surface area contributed by atoms with Crippen molar-refractivity contribution < 1.29 is 9.59 Å². The predicted octanol–water partition coefficient (Wildman–Crippen LogP) is 2.65. The minimum absolute atomic E-state index is 0.104. The molecule has 1 aliphatic rings. The van der Waals surface area contributed by atoms with Gasteiger partial charge in [0, 0.05) is 35.9 Å². The lowest BCUT2D eigenvalue weighted by Gasteiger charge is -2.28. The van der Waals surface area contributed by atoms with Gasteiger partial charge in [-0.15, -0.1) is 10.2 Å². The number of nitrogens with zero attached hydrogens (tertiary/aromatic N) is 3. The number of amides is 2. The van der Waals surface area contributed by atoms with Gasteiger partial charge in [-0.1, -0.05) is 24.3 Å². The Bertz CT molecular complexity index is 1450. The fourth-order valence-electron chi connectivity index (χ4n) is 5.03. The summed E-state index contributed by atoms with van der Waals surface area (Å²) in [6.07, 6.45) is 5.37. The number of carbonyl (C=O) groups is 2.